The van der Waals surface area contributed by atoms with E-state index in [1.54, 1.807) is 39.0 Å². The molecule has 11 heteroatoms. The van der Waals surface area contributed by atoms with E-state index < -0.39 is 23.2 Å². The summed E-state index contributed by atoms with van der Waals surface area (Å²) in [4.78, 5) is 38.0. The van der Waals surface area contributed by atoms with Gasteiger partial charge >= 0.3 is 5.97 Å². The smallest absolute Gasteiger partial charge is 0.313 e. The molecular weight excluding hydrogens is 469 g/mol. The van der Waals surface area contributed by atoms with Crippen molar-refractivity contribution in [1.29, 1.82) is 0 Å². The molecule has 0 saturated carbocycles. The molecule has 3 N–H and O–H groups in total. The lowest BCUT2D eigenvalue weighted by atomic mass is 9.98. The monoisotopic (exact) mass is 495 g/mol. The van der Waals surface area contributed by atoms with Gasteiger partial charge in [0.05, 0.1) is 32.9 Å². The first-order chi connectivity index (χ1) is 15.6. The number of hydrogen-bond donors (Lipinski definition) is 3. The van der Waals surface area contributed by atoms with Gasteiger partial charge < -0.3 is 20.7 Å². The average molecular weight is 496 g/mol. The van der Waals surface area contributed by atoms with Crippen molar-refractivity contribution in [3.8, 4) is 0 Å². The standard InChI is InChI=1S/C22H27Cl2N5O4/c1-22(2,3)21(32)33-12-29-11-16(27-19(30)17-14(23)5-4-6-15(17)24)18(28-29)20(31)26-13-7-9-25-10-8-13/h4-6,11,13,25H,7-10,12H2,1-3H3,(H,26,31)(H,27,30). The largest absolute Gasteiger partial charge is 0.442 e. The minimum atomic E-state index is -0.694. The summed E-state index contributed by atoms with van der Waals surface area (Å²) in [5.41, 5.74) is -0.469. The second kappa shape index (κ2) is 10.5. The van der Waals surface area contributed by atoms with Crippen molar-refractivity contribution in [3.63, 3.8) is 0 Å². The number of hydrogen-bond acceptors (Lipinski definition) is 6. The Bertz CT molecular complexity index is 1020. The van der Waals surface area contributed by atoms with Crippen molar-refractivity contribution in [2.75, 3.05) is 18.4 Å². The van der Waals surface area contributed by atoms with Crippen LogP contribution in [0.1, 0.15) is 54.5 Å². The van der Waals surface area contributed by atoms with Gasteiger partial charge in [-0.15, -0.1) is 0 Å². The molecule has 1 aromatic carbocycles. The molecule has 0 spiro atoms. The number of carbonyl (C=O) groups excluding carboxylic acids is 3. The number of rotatable bonds is 6. The van der Waals surface area contributed by atoms with Crippen molar-refractivity contribution >= 4 is 46.7 Å². The molecule has 2 aromatic rings. The van der Waals surface area contributed by atoms with Gasteiger partial charge in [0.25, 0.3) is 11.8 Å². The number of nitrogens with one attached hydrogen (secondary N) is 3. The van der Waals surface area contributed by atoms with Gasteiger partial charge in [-0.2, -0.15) is 5.10 Å². The predicted molar refractivity (Wildman–Crippen MR) is 126 cm³/mol. The number of amides is 2. The van der Waals surface area contributed by atoms with Gasteiger partial charge in [-0.05, 0) is 58.8 Å². The van der Waals surface area contributed by atoms with Crippen molar-refractivity contribution in [1.82, 2.24) is 20.4 Å². The van der Waals surface area contributed by atoms with E-state index in [4.69, 9.17) is 27.9 Å². The zero-order valence-electron chi connectivity index (χ0n) is 18.7. The van der Waals surface area contributed by atoms with Gasteiger partial charge in [0, 0.05) is 6.04 Å². The van der Waals surface area contributed by atoms with Crippen LogP contribution in [0.3, 0.4) is 0 Å². The van der Waals surface area contributed by atoms with Gasteiger partial charge in [0.2, 0.25) is 0 Å². The third-order valence-electron chi connectivity index (χ3n) is 5.03. The number of aromatic nitrogens is 2. The van der Waals surface area contributed by atoms with Crippen LogP contribution in [-0.2, 0) is 16.3 Å². The van der Waals surface area contributed by atoms with E-state index in [1.165, 1.54) is 10.9 Å². The summed E-state index contributed by atoms with van der Waals surface area (Å²) in [6, 6.07) is 4.70. The Morgan fingerprint density at radius 1 is 1.15 bits per heavy atom. The van der Waals surface area contributed by atoms with E-state index in [0.717, 1.165) is 25.9 Å². The van der Waals surface area contributed by atoms with Gasteiger partial charge in [-0.25, -0.2) is 4.68 Å². The Balaban J connectivity index is 1.84. The molecule has 0 bridgehead atoms. The summed E-state index contributed by atoms with van der Waals surface area (Å²) in [5, 5.41) is 13.4. The molecule has 1 fully saturated rings. The second-order valence-electron chi connectivity index (χ2n) is 8.79. The molecule has 3 rings (SSSR count). The highest BCUT2D eigenvalue weighted by Crippen LogP contribution is 2.26. The van der Waals surface area contributed by atoms with E-state index >= 15 is 0 Å². The Hall–Kier alpha value is -2.62. The fourth-order valence-corrected chi connectivity index (χ4v) is 3.78. The summed E-state index contributed by atoms with van der Waals surface area (Å²) in [7, 11) is 0. The summed E-state index contributed by atoms with van der Waals surface area (Å²) >= 11 is 12.3. The normalized spacial score (nSPS) is 14.6. The topological polar surface area (TPSA) is 114 Å². The number of carbonyl (C=O) groups is 3. The molecule has 0 unspecified atom stereocenters. The maximum atomic E-state index is 13.0. The molecule has 0 aliphatic carbocycles. The molecule has 0 radical (unpaired) electrons. The summed E-state index contributed by atoms with van der Waals surface area (Å²) in [6.45, 7) is 6.58. The summed E-state index contributed by atoms with van der Waals surface area (Å²) in [6.07, 6.45) is 3.00. The van der Waals surface area contributed by atoms with Gasteiger partial charge in [-0.3, -0.25) is 14.4 Å². The van der Waals surface area contributed by atoms with Crippen LogP contribution in [0.2, 0.25) is 10.0 Å². The Kier molecular flexibility index (Phi) is 7.99. The third-order valence-corrected chi connectivity index (χ3v) is 5.66. The first-order valence-corrected chi connectivity index (χ1v) is 11.3. The molecule has 178 valence electrons. The molecule has 2 amide bonds. The van der Waals surface area contributed by atoms with Crippen LogP contribution in [0.25, 0.3) is 0 Å². The van der Waals surface area contributed by atoms with Crippen molar-refractivity contribution in [2.24, 2.45) is 5.41 Å². The molecule has 0 atom stereocenters. The number of ether oxygens (including phenoxy) is 1. The van der Waals surface area contributed by atoms with Crippen LogP contribution in [0.15, 0.2) is 24.4 Å². The first kappa shape index (κ1) is 25.0. The number of anilines is 1. The van der Waals surface area contributed by atoms with Crippen molar-refractivity contribution < 1.29 is 19.1 Å². The number of benzene rings is 1. The highest BCUT2D eigenvalue weighted by atomic mass is 35.5. The minimum absolute atomic E-state index is 0.00290. The Morgan fingerprint density at radius 3 is 2.39 bits per heavy atom. The van der Waals surface area contributed by atoms with Crippen LogP contribution >= 0.6 is 23.2 Å². The minimum Gasteiger partial charge on any atom is -0.442 e. The number of halogens is 2. The molecule has 33 heavy (non-hydrogen) atoms. The molecule has 9 nitrogen and oxygen atoms in total. The Labute approximate surface area is 202 Å². The van der Waals surface area contributed by atoms with E-state index in [-0.39, 0.29) is 39.8 Å². The van der Waals surface area contributed by atoms with E-state index in [9.17, 15) is 14.4 Å². The van der Waals surface area contributed by atoms with Crippen LogP contribution in [-0.4, -0.2) is 46.7 Å². The quantitative estimate of drug-likeness (QED) is 0.528. The maximum Gasteiger partial charge on any atom is 0.313 e. The highest BCUT2D eigenvalue weighted by Gasteiger charge is 2.26. The van der Waals surface area contributed by atoms with Crippen molar-refractivity contribution in [2.45, 2.75) is 46.4 Å². The van der Waals surface area contributed by atoms with E-state index in [1.807, 2.05) is 0 Å². The lowest BCUT2D eigenvalue weighted by Gasteiger charge is -2.23. The van der Waals surface area contributed by atoms with Crippen LogP contribution in [0, 0.1) is 5.41 Å². The van der Waals surface area contributed by atoms with Gasteiger partial charge in [-0.1, -0.05) is 29.3 Å². The highest BCUT2D eigenvalue weighted by molar-refractivity contribution is 6.40. The summed E-state index contributed by atoms with van der Waals surface area (Å²) in [5.74, 6) is -1.46. The van der Waals surface area contributed by atoms with Crippen LogP contribution in [0.4, 0.5) is 5.69 Å². The van der Waals surface area contributed by atoms with Crippen LogP contribution < -0.4 is 16.0 Å². The van der Waals surface area contributed by atoms with Gasteiger partial charge in [0.1, 0.15) is 0 Å². The van der Waals surface area contributed by atoms with Crippen molar-refractivity contribution in [3.05, 3.63) is 45.7 Å². The molecule has 2 heterocycles. The lowest BCUT2D eigenvalue weighted by Crippen LogP contribution is -2.43. The molecule has 1 aliphatic heterocycles. The Morgan fingerprint density at radius 2 is 1.79 bits per heavy atom. The van der Waals surface area contributed by atoms with Gasteiger partial charge in [0.15, 0.2) is 12.4 Å². The van der Waals surface area contributed by atoms with Crippen LogP contribution in [0.5, 0.6) is 0 Å². The third kappa shape index (κ3) is 6.46. The molecule has 1 saturated heterocycles. The maximum absolute atomic E-state index is 13.0. The fraction of sp³-hybridized carbons (Fsp3) is 0.455. The lowest BCUT2D eigenvalue weighted by molar-refractivity contribution is -0.157. The number of esters is 1. The average Bonchev–Trinajstić information content (AvgIpc) is 3.14. The fourth-order valence-electron chi connectivity index (χ4n) is 3.21. The summed E-state index contributed by atoms with van der Waals surface area (Å²) < 4.78 is 6.57. The van der Waals surface area contributed by atoms with E-state index in [2.05, 4.69) is 21.0 Å². The predicted octanol–water partition coefficient (Wildman–Crippen LogP) is 3.47. The molecule has 1 aromatic heterocycles. The first-order valence-electron chi connectivity index (χ1n) is 10.6. The number of piperidine rings is 1. The van der Waals surface area contributed by atoms with E-state index in [0.29, 0.717) is 0 Å². The zero-order valence-corrected chi connectivity index (χ0v) is 20.2. The number of nitrogens with zero attached hydrogens (tertiary/aromatic N) is 2. The molecule has 1 aliphatic rings. The molecular formula is C22H27Cl2N5O4. The second-order valence-corrected chi connectivity index (χ2v) is 9.60. The SMILES string of the molecule is CC(C)(C)C(=O)OCn1cc(NC(=O)c2c(Cl)cccc2Cl)c(C(=O)NC2CCNCC2)n1. The zero-order chi connectivity index (χ0) is 24.2.